The van der Waals surface area contributed by atoms with Gasteiger partial charge in [-0.1, -0.05) is 51.3 Å². The van der Waals surface area contributed by atoms with E-state index in [0.717, 1.165) is 6.42 Å². The molecule has 0 bridgehead atoms. The van der Waals surface area contributed by atoms with Crippen LogP contribution in [-0.4, -0.2) is 36.3 Å². The second-order valence-corrected chi connectivity index (χ2v) is 13.4. The predicted molar refractivity (Wildman–Crippen MR) is 134 cm³/mol. The highest BCUT2D eigenvalue weighted by molar-refractivity contribution is 14.2. The molecule has 0 aromatic heterocycles. The van der Waals surface area contributed by atoms with E-state index in [-0.39, 0.29) is 44.4 Å². The average molecular weight is 543 g/mol. The number of rotatable bonds is 8. The number of carboxylic acid groups (broad SMARTS) is 2. The first-order chi connectivity index (χ1) is 14.6. The molecule has 2 saturated carbocycles. The number of allylic oxidation sites excluding steroid dienone is 3. The smallest absolute Gasteiger partial charge is 0.321 e. The van der Waals surface area contributed by atoms with Crippen molar-refractivity contribution in [1.29, 1.82) is 0 Å². The highest BCUT2D eigenvalue weighted by atomic mass is 127. The maximum atomic E-state index is 11.5. The lowest BCUT2D eigenvalue weighted by Gasteiger charge is -2.57. The Bertz CT molecular complexity index is 777. The zero-order valence-electron chi connectivity index (χ0n) is 19.1. The van der Waals surface area contributed by atoms with Gasteiger partial charge in [-0.15, -0.1) is 27.3 Å². The van der Waals surface area contributed by atoms with Crippen molar-refractivity contribution in [3.8, 4) is 0 Å². The molecule has 0 aromatic rings. The fourth-order valence-corrected chi connectivity index (χ4v) is 10.4. The molecule has 5 nitrogen and oxygen atoms in total. The van der Waals surface area contributed by atoms with Crippen molar-refractivity contribution < 1.29 is 19.8 Å². The van der Waals surface area contributed by atoms with Crippen LogP contribution in [0.3, 0.4) is 0 Å². The lowest BCUT2D eigenvalue weighted by Crippen LogP contribution is -2.50. The normalized spacial score (nSPS) is 38.9. The summed E-state index contributed by atoms with van der Waals surface area (Å²) in [4.78, 5) is 22.4. The molecule has 0 aromatic carbocycles. The van der Waals surface area contributed by atoms with Gasteiger partial charge >= 0.3 is 11.9 Å². The van der Waals surface area contributed by atoms with E-state index in [1.54, 1.807) is 5.57 Å². The molecule has 0 radical (unpaired) electrons. The Hall–Kier alpha value is -1.02. The largest absolute Gasteiger partial charge is 0.481 e. The molecular weight excluding hydrogens is 505 g/mol. The predicted octanol–water partition coefficient (Wildman–Crippen LogP) is 5.37. The first-order valence-corrected chi connectivity index (χ1v) is 14.1. The van der Waals surface area contributed by atoms with Crippen molar-refractivity contribution in [2.75, 3.05) is 0 Å². The van der Waals surface area contributed by atoms with Crippen molar-refractivity contribution in [3.63, 3.8) is 0 Å². The van der Waals surface area contributed by atoms with E-state index in [1.807, 2.05) is 4.14 Å². The summed E-state index contributed by atoms with van der Waals surface area (Å²) in [5.74, 6) is 0.0198. The van der Waals surface area contributed by atoms with Crippen molar-refractivity contribution in [1.82, 2.24) is 5.32 Å². The van der Waals surface area contributed by atoms with Gasteiger partial charge in [-0.05, 0) is 60.7 Å². The van der Waals surface area contributed by atoms with Gasteiger partial charge in [-0.25, -0.2) is 0 Å². The van der Waals surface area contributed by atoms with Gasteiger partial charge in [0.2, 0.25) is 0 Å². The number of halogens is 1. The number of alkyl halides is 1. The summed E-state index contributed by atoms with van der Waals surface area (Å²) < 4.78 is 2.64. The molecular formula is C25H38INO4. The maximum absolute atomic E-state index is 11.5. The molecule has 0 heterocycles. The summed E-state index contributed by atoms with van der Waals surface area (Å²) in [6.07, 6.45) is 12.0. The van der Waals surface area contributed by atoms with Crippen LogP contribution in [0.2, 0.25) is 0 Å². The van der Waals surface area contributed by atoms with Gasteiger partial charge in [0.15, 0.2) is 0 Å². The summed E-state index contributed by atoms with van der Waals surface area (Å²) in [6.45, 7) is 11.3. The van der Waals surface area contributed by atoms with Crippen molar-refractivity contribution in [2.45, 2.75) is 82.1 Å². The van der Waals surface area contributed by atoms with E-state index in [1.165, 1.54) is 32.1 Å². The monoisotopic (exact) mass is 543 g/mol. The molecule has 0 amide bonds. The molecule has 7 atom stereocenters. The van der Waals surface area contributed by atoms with Crippen LogP contribution in [0.1, 0.15) is 72.1 Å². The second kappa shape index (κ2) is 9.86. The lowest BCUT2D eigenvalue weighted by molar-refractivity contribution is -0.140. The summed E-state index contributed by atoms with van der Waals surface area (Å²) in [6, 6.07) is -0.816. The molecule has 174 valence electrons. The van der Waals surface area contributed by atoms with Crippen LogP contribution in [0, 0.1) is 28.6 Å². The third-order valence-corrected chi connectivity index (χ3v) is 11.1. The van der Waals surface area contributed by atoms with Crippen LogP contribution in [0.15, 0.2) is 24.3 Å². The van der Waals surface area contributed by atoms with Crippen LogP contribution < -0.4 is 5.32 Å². The van der Waals surface area contributed by atoms with E-state index in [0.29, 0.717) is 21.7 Å². The second-order valence-electron chi connectivity index (χ2n) is 10.4. The van der Waals surface area contributed by atoms with Gasteiger partial charge in [0, 0.05) is 14.5 Å². The van der Waals surface area contributed by atoms with E-state index < -0.39 is 18.0 Å². The fourth-order valence-electron chi connectivity index (χ4n) is 6.49. The Kier molecular flexibility index (Phi) is 7.83. The molecule has 0 aliphatic heterocycles. The Morgan fingerprint density at radius 1 is 1.39 bits per heavy atom. The third kappa shape index (κ3) is 5.32. The Morgan fingerprint density at radius 2 is 2.13 bits per heavy atom. The number of nitrogens with one attached hydrogen (secondary N) is 1. The van der Waals surface area contributed by atoms with Crippen molar-refractivity contribution in [2.24, 2.45) is 28.6 Å². The van der Waals surface area contributed by atoms with Gasteiger partial charge in [0.25, 0.3) is 0 Å². The van der Waals surface area contributed by atoms with Crippen LogP contribution in [-0.2, 0) is 9.59 Å². The zero-order chi connectivity index (χ0) is 22.8. The van der Waals surface area contributed by atoms with Gasteiger partial charge in [-0.2, -0.15) is 0 Å². The molecule has 3 rings (SSSR count). The number of fused-ring (bicyclic) bond motifs is 3. The average Bonchev–Trinajstić information content (AvgIpc) is 2.69. The van der Waals surface area contributed by atoms with Gasteiger partial charge in [0.1, 0.15) is 6.04 Å². The summed E-state index contributed by atoms with van der Waals surface area (Å²) in [5.41, 5.74) is 2.13. The number of hydrogen-bond donors (Lipinski definition) is 3. The van der Waals surface area contributed by atoms with Crippen LogP contribution in [0.4, 0.5) is 0 Å². The molecule has 6 heteroatoms. The molecule has 0 saturated heterocycles. The number of hydrogen-bond acceptors (Lipinski definition) is 3. The van der Waals surface area contributed by atoms with Crippen molar-refractivity contribution >= 4 is 36.8 Å². The Labute approximate surface area is 196 Å². The van der Waals surface area contributed by atoms with Crippen LogP contribution in [0.25, 0.3) is 0 Å². The molecule has 31 heavy (non-hydrogen) atoms. The summed E-state index contributed by atoms with van der Waals surface area (Å²) >= 11 is -0.358. The van der Waals surface area contributed by atoms with Gasteiger partial charge < -0.3 is 10.2 Å². The SMILES string of the molecule is C=C[C@@]1(C)CC=C2C(CC(I=CN[C@@H](CCC(=O)O)C(=O)O)C3[C@@H](C)CCC[C@@]23C)C1. The Balaban J connectivity index is 1.82. The molecule has 3 N–H and O–H groups in total. The highest BCUT2D eigenvalue weighted by Gasteiger charge is 2.53. The van der Waals surface area contributed by atoms with Crippen LogP contribution in [0.5, 0.6) is 0 Å². The molecule has 3 unspecified atom stereocenters. The van der Waals surface area contributed by atoms with E-state index in [4.69, 9.17) is 5.11 Å². The first-order valence-electron chi connectivity index (χ1n) is 11.6. The maximum Gasteiger partial charge on any atom is 0.321 e. The Morgan fingerprint density at radius 3 is 2.77 bits per heavy atom. The van der Waals surface area contributed by atoms with Gasteiger partial charge in [-0.3, -0.25) is 14.9 Å². The topological polar surface area (TPSA) is 86.6 Å². The summed E-state index contributed by atoms with van der Waals surface area (Å²) in [7, 11) is 0. The van der Waals surface area contributed by atoms with E-state index >= 15 is 0 Å². The quantitative estimate of drug-likeness (QED) is 0.218. The summed E-state index contributed by atoms with van der Waals surface area (Å²) in [5, 5.41) is 21.4. The molecule has 3 aliphatic carbocycles. The minimum Gasteiger partial charge on any atom is -0.481 e. The van der Waals surface area contributed by atoms with Crippen molar-refractivity contribution in [3.05, 3.63) is 24.3 Å². The van der Waals surface area contributed by atoms with Crippen LogP contribution >= 0.6 is 20.7 Å². The van der Waals surface area contributed by atoms with Gasteiger partial charge in [0.05, 0.1) is 0 Å². The fraction of sp³-hybridized carbons (Fsp3) is 0.720. The minimum absolute atomic E-state index is 0.111. The highest BCUT2D eigenvalue weighted by Crippen LogP contribution is 2.62. The van der Waals surface area contributed by atoms with E-state index in [9.17, 15) is 14.7 Å². The standard InChI is InChI=1S/C25H38INO4/c1-5-24(3)12-10-18-17(14-24)13-19(22-16(2)7-6-11-25(18,22)4)26-15-27-20(23(30)31)8-9-21(28)29/h5,10,15-17,19-20,22,27H,1,6-9,11-14H2,2-4H3,(H,28,29)(H,30,31)/t16-,17?,19?,20-,22?,24-,25-/m0/s1. The molecule has 0 spiro atoms. The number of carbonyl (C=O) groups is 2. The molecule has 2 fully saturated rings. The minimum atomic E-state index is -0.972. The number of aliphatic carboxylic acids is 2. The zero-order valence-corrected chi connectivity index (χ0v) is 21.2. The third-order valence-electron chi connectivity index (χ3n) is 8.13. The lowest BCUT2D eigenvalue weighted by atomic mass is 9.50. The molecule has 3 aliphatic rings. The number of carboxylic acids is 2. The first kappa shape index (κ1) is 24.6. The van der Waals surface area contributed by atoms with E-state index in [2.05, 4.69) is 44.8 Å².